The first-order chi connectivity index (χ1) is 24.6. The fourth-order valence-corrected chi connectivity index (χ4v) is 8.11. The Labute approximate surface area is 313 Å². The van der Waals surface area contributed by atoms with E-state index in [9.17, 15) is 14.4 Å². The van der Waals surface area contributed by atoms with E-state index in [1.807, 2.05) is 54.5 Å². The molecule has 0 fully saturated rings. The molecule has 7 N–H and O–H groups in total. The van der Waals surface area contributed by atoms with Gasteiger partial charge in [-0.25, -0.2) is 4.98 Å². The van der Waals surface area contributed by atoms with Crippen molar-refractivity contribution in [2.75, 3.05) is 27.2 Å². The second-order valence-corrected chi connectivity index (χ2v) is 14.7. The summed E-state index contributed by atoms with van der Waals surface area (Å²) in [5, 5.41) is 8.65. The second-order valence-electron chi connectivity index (χ2n) is 12.9. The topological polar surface area (TPSA) is 162 Å². The van der Waals surface area contributed by atoms with E-state index < -0.39 is 18.1 Å². The van der Waals surface area contributed by atoms with Gasteiger partial charge in [-0.2, -0.15) is 0 Å². The number of fused-ring (bicyclic) bond motifs is 3. The third kappa shape index (κ3) is 9.62. The van der Waals surface area contributed by atoms with E-state index in [0.717, 1.165) is 22.0 Å². The third-order valence-electron chi connectivity index (χ3n) is 9.29. The summed E-state index contributed by atoms with van der Waals surface area (Å²) in [7, 11) is 3.50. The van der Waals surface area contributed by atoms with Crippen LogP contribution in [0.1, 0.15) is 48.8 Å². The van der Waals surface area contributed by atoms with Crippen LogP contribution in [0.5, 0.6) is 0 Å². The Hall–Kier alpha value is -3.65. The Morgan fingerprint density at radius 1 is 0.922 bits per heavy atom. The summed E-state index contributed by atoms with van der Waals surface area (Å²) in [6.45, 7) is 1.37. The minimum Gasteiger partial charge on any atom is -0.361 e. The van der Waals surface area contributed by atoms with Crippen LogP contribution >= 0.6 is 35.0 Å². The monoisotopic (exact) mass is 752 g/mol. The van der Waals surface area contributed by atoms with Crippen molar-refractivity contribution in [3.8, 4) is 0 Å². The van der Waals surface area contributed by atoms with Crippen LogP contribution in [0.4, 0.5) is 0 Å². The normalized spacial score (nSPS) is 19.7. The summed E-state index contributed by atoms with van der Waals surface area (Å²) in [5.74, 6) is -1.01. The lowest BCUT2D eigenvalue weighted by molar-refractivity contribution is -0.142. The minimum atomic E-state index is -0.912. The van der Waals surface area contributed by atoms with E-state index in [1.165, 1.54) is 16.7 Å². The Morgan fingerprint density at radius 2 is 1.71 bits per heavy atom. The van der Waals surface area contributed by atoms with E-state index in [1.54, 1.807) is 25.4 Å². The molecule has 51 heavy (non-hydrogen) atoms. The molecular formula is C37H46Cl2N8O3S. The molecule has 0 bridgehead atoms. The van der Waals surface area contributed by atoms with Crippen LogP contribution in [0.15, 0.2) is 70.8 Å². The van der Waals surface area contributed by atoms with E-state index in [-0.39, 0.29) is 30.7 Å². The van der Waals surface area contributed by atoms with Crippen LogP contribution in [0.2, 0.25) is 10.0 Å². The van der Waals surface area contributed by atoms with E-state index >= 15 is 0 Å². The maximum absolute atomic E-state index is 14.4. The summed E-state index contributed by atoms with van der Waals surface area (Å²) in [4.78, 5) is 55.0. The molecule has 0 saturated carbocycles. The zero-order valence-corrected chi connectivity index (χ0v) is 31.3. The van der Waals surface area contributed by atoms with Crippen LogP contribution < -0.4 is 22.1 Å². The molecule has 0 saturated heterocycles. The maximum Gasteiger partial charge on any atom is 0.245 e. The number of carbonyl (C=O) groups is 3. The molecule has 0 unspecified atom stereocenters. The van der Waals surface area contributed by atoms with E-state index in [4.69, 9.17) is 34.7 Å². The molecule has 14 heteroatoms. The van der Waals surface area contributed by atoms with Gasteiger partial charge in [-0.05, 0) is 93.2 Å². The first-order valence-corrected chi connectivity index (χ1v) is 18.8. The molecule has 2 aromatic heterocycles. The van der Waals surface area contributed by atoms with Crippen molar-refractivity contribution in [2.24, 2.45) is 11.5 Å². The van der Waals surface area contributed by atoms with Gasteiger partial charge in [0.05, 0.1) is 11.1 Å². The van der Waals surface area contributed by atoms with Gasteiger partial charge in [0.2, 0.25) is 17.7 Å². The number of amides is 3. The molecular weight excluding hydrogens is 707 g/mol. The lowest BCUT2D eigenvalue weighted by atomic mass is 10.0. The number of unbranched alkanes of at least 4 members (excludes halogenated alkanes) is 1. The van der Waals surface area contributed by atoms with Gasteiger partial charge in [-0.1, -0.05) is 59.2 Å². The third-order valence-corrected chi connectivity index (χ3v) is 11.2. The summed E-state index contributed by atoms with van der Waals surface area (Å²) < 4.78 is 0. The highest BCUT2D eigenvalue weighted by atomic mass is 35.5. The molecule has 1 aliphatic rings. The standard InChI is InChI=1S/C37H46Cl2N8O3S/c1-46-22-23-9-8-16-42-36(23)51-33-25(17-26(38)19-28(33)39)21-44-34(48)32(18-24-20-43-29-11-4-3-10-27(24)29)47(2)37(50)30(12-5-6-14-40)45-35(49)31(46)13-7-15-41/h3-4,8-11,16-17,19-20,30-32,43H,5-7,12-15,18,21-22,40-41H2,1-2H3,(H,44,48)(H,45,49)/t30-,31-,32-/m0/s1. The smallest absolute Gasteiger partial charge is 0.245 e. The average Bonchev–Trinajstić information content (AvgIpc) is 3.53. The molecule has 0 aliphatic carbocycles. The van der Waals surface area contributed by atoms with Gasteiger partial charge in [0.25, 0.3) is 0 Å². The van der Waals surface area contributed by atoms with Gasteiger partial charge in [-0.3, -0.25) is 19.3 Å². The number of aromatic nitrogens is 2. The van der Waals surface area contributed by atoms with Gasteiger partial charge in [0, 0.05) is 59.8 Å². The highest BCUT2D eigenvalue weighted by molar-refractivity contribution is 7.99. The summed E-state index contributed by atoms with van der Waals surface area (Å²) >= 11 is 14.7. The maximum atomic E-state index is 14.4. The number of halogens is 2. The number of carbonyl (C=O) groups excluding carboxylic acids is 3. The molecule has 1 aliphatic heterocycles. The van der Waals surface area contributed by atoms with Crippen molar-refractivity contribution < 1.29 is 14.4 Å². The molecule has 0 radical (unpaired) electrons. The number of pyridine rings is 1. The first-order valence-electron chi connectivity index (χ1n) is 17.2. The second kappa shape index (κ2) is 18.2. The molecule has 5 rings (SSSR count). The van der Waals surface area contributed by atoms with Crippen LogP contribution in [0.3, 0.4) is 0 Å². The Bertz CT molecular complexity index is 1840. The Balaban J connectivity index is 1.60. The first kappa shape index (κ1) is 38.6. The summed E-state index contributed by atoms with van der Waals surface area (Å²) in [5.41, 5.74) is 15.1. The number of para-hydroxylation sites is 1. The van der Waals surface area contributed by atoms with Crippen LogP contribution in [0, 0.1) is 0 Å². The Morgan fingerprint density at radius 3 is 2.49 bits per heavy atom. The molecule has 272 valence electrons. The fourth-order valence-electron chi connectivity index (χ4n) is 6.47. The molecule has 3 heterocycles. The minimum absolute atomic E-state index is 0.105. The van der Waals surface area contributed by atoms with Crippen molar-refractivity contribution in [3.63, 3.8) is 0 Å². The SMILES string of the molecule is CN1Cc2cccnc2Sc2c(Cl)cc(Cl)cc2CNC(=O)[C@H](Cc2c[nH]c3ccccc23)N(C)C(=O)[C@H](CCCCN)NC(=O)[C@@H]1CCCN. The van der Waals surface area contributed by atoms with Crippen LogP contribution in [0.25, 0.3) is 10.9 Å². The van der Waals surface area contributed by atoms with E-state index in [0.29, 0.717) is 77.3 Å². The number of nitrogens with one attached hydrogen (secondary N) is 3. The van der Waals surface area contributed by atoms with Crippen molar-refractivity contribution in [1.82, 2.24) is 30.4 Å². The number of aromatic amines is 1. The number of hydrogen-bond acceptors (Lipinski definition) is 8. The lowest BCUT2D eigenvalue weighted by Crippen LogP contribution is -2.57. The molecule has 2 aromatic carbocycles. The molecule has 0 spiro atoms. The van der Waals surface area contributed by atoms with Gasteiger partial charge in [0.1, 0.15) is 17.1 Å². The number of nitrogens with two attached hydrogens (primary N) is 2. The number of likely N-dealkylation sites (N-methyl/N-ethyl adjacent to an activating group) is 2. The molecule has 11 nitrogen and oxygen atoms in total. The van der Waals surface area contributed by atoms with Gasteiger partial charge >= 0.3 is 0 Å². The van der Waals surface area contributed by atoms with Crippen LogP contribution in [-0.2, 0) is 33.9 Å². The lowest BCUT2D eigenvalue weighted by Gasteiger charge is -2.33. The molecule has 3 atom stereocenters. The fraction of sp³-hybridized carbons (Fsp3) is 0.405. The van der Waals surface area contributed by atoms with Gasteiger partial charge < -0.3 is 32.0 Å². The number of benzene rings is 2. The largest absolute Gasteiger partial charge is 0.361 e. The van der Waals surface area contributed by atoms with Crippen molar-refractivity contribution in [3.05, 3.63) is 87.7 Å². The molecule has 4 aromatic rings. The van der Waals surface area contributed by atoms with Crippen molar-refractivity contribution in [1.29, 1.82) is 0 Å². The zero-order valence-electron chi connectivity index (χ0n) is 29.0. The van der Waals surface area contributed by atoms with E-state index in [2.05, 4.69) is 20.6 Å². The highest BCUT2D eigenvalue weighted by Gasteiger charge is 2.35. The quantitative estimate of drug-likeness (QED) is 0.151. The number of rotatable bonds is 9. The predicted molar refractivity (Wildman–Crippen MR) is 204 cm³/mol. The Kier molecular flexibility index (Phi) is 13.8. The molecule has 3 amide bonds. The number of hydrogen-bond donors (Lipinski definition) is 5. The zero-order chi connectivity index (χ0) is 36.5. The van der Waals surface area contributed by atoms with Gasteiger partial charge in [0.15, 0.2) is 0 Å². The highest BCUT2D eigenvalue weighted by Crippen LogP contribution is 2.39. The number of H-pyrrole nitrogens is 1. The van der Waals surface area contributed by atoms with Gasteiger partial charge in [-0.15, -0.1) is 0 Å². The number of nitrogens with zero attached hydrogens (tertiary/aromatic N) is 3. The predicted octanol–water partition coefficient (Wildman–Crippen LogP) is 4.87. The van der Waals surface area contributed by atoms with Crippen molar-refractivity contribution >= 4 is 63.6 Å². The van der Waals surface area contributed by atoms with Crippen LogP contribution in [-0.4, -0.2) is 82.8 Å². The summed E-state index contributed by atoms with van der Waals surface area (Å²) in [6, 6.07) is 12.7. The summed E-state index contributed by atoms with van der Waals surface area (Å²) in [6.07, 6.45) is 6.59. The van der Waals surface area contributed by atoms with Crippen molar-refractivity contribution in [2.45, 2.75) is 79.7 Å². The average molecular weight is 754 g/mol.